The number of hydrogen-bond donors (Lipinski definition) is 2. The van der Waals surface area contributed by atoms with Crippen molar-refractivity contribution in [2.45, 2.75) is 19.4 Å². The Morgan fingerprint density at radius 3 is 2.26 bits per heavy atom. The van der Waals surface area contributed by atoms with E-state index >= 15 is 0 Å². The molecule has 0 aliphatic carbocycles. The monoisotopic (exact) mass is 373 g/mol. The predicted molar refractivity (Wildman–Crippen MR) is 99.3 cm³/mol. The molecule has 0 radical (unpaired) electrons. The lowest BCUT2D eigenvalue weighted by Gasteiger charge is -2.10. The second-order valence-corrected chi connectivity index (χ2v) is 5.83. The molecule has 0 heterocycles. The highest BCUT2D eigenvalue weighted by Gasteiger charge is 2.07. The van der Waals surface area contributed by atoms with Gasteiger partial charge in [0, 0.05) is 19.0 Å². The normalized spacial score (nSPS) is 10.1. The van der Waals surface area contributed by atoms with Gasteiger partial charge in [-0.2, -0.15) is 0 Å². The SMILES string of the molecule is COc1cc(CCC(=O)NCc2cccc(OCC(=O)O)c2)cc(OC)c1. The van der Waals surface area contributed by atoms with Crippen molar-refractivity contribution >= 4 is 11.9 Å². The Kier molecular flexibility index (Phi) is 7.49. The van der Waals surface area contributed by atoms with Crippen molar-refractivity contribution in [1.82, 2.24) is 5.32 Å². The zero-order valence-electron chi connectivity index (χ0n) is 15.4. The molecule has 7 heteroatoms. The molecule has 0 spiro atoms. The third-order valence-corrected chi connectivity index (χ3v) is 3.80. The van der Waals surface area contributed by atoms with E-state index in [0.29, 0.717) is 36.6 Å². The standard InChI is InChI=1S/C20H23NO6/c1-25-17-8-14(9-18(11-17)26-2)6-7-19(22)21-12-15-4-3-5-16(10-15)27-13-20(23)24/h3-5,8-11H,6-7,12-13H2,1-2H3,(H,21,22)(H,23,24). The Morgan fingerprint density at radius 1 is 0.963 bits per heavy atom. The molecule has 2 rings (SSSR count). The lowest BCUT2D eigenvalue weighted by Crippen LogP contribution is -2.23. The summed E-state index contributed by atoms with van der Waals surface area (Å²) in [5, 5.41) is 11.5. The van der Waals surface area contributed by atoms with E-state index in [1.165, 1.54) is 0 Å². The highest BCUT2D eigenvalue weighted by Crippen LogP contribution is 2.23. The van der Waals surface area contributed by atoms with E-state index in [4.69, 9.17) is 19.3 Å². The number of aliphatic carboxylic acids is 1. The fraction of sp³-hybridized carbons (Fsp3) is 0.300. The number of ether oxygens (including phenoxy) is 3. The van der Waals surface area contributed by atoms with Gasteiger partial charge in [-0.3, -0.25) is 4.79 Å². The van der Waals surface area contributed by atoms with Gasteiger partial charge in [-0.25, -0.2) is 4.79 Å². The van der Waals surface area contributed by atoms with E-state index in [9.17, 15) is 9.59 Å². The molecule has 7 nitrogen and oxygen atoms in total. The summed E-state index contributed by atoms with van der Waals surface area (Å²) in [6, 6.07) is 12.5. The van der Waals surface area contributed by atoms with E-state index in [-0.39, 0.29) is 5.91 Å². The Balaban J connectivity index is 1.84. The van der Waals surface area contributed by atoms with Crippen LogP contribution in [0.3, 0.4) is 0 Å². The number of rotatable bonds is 10. The smallest absolute Gasteiger partial charge is 0.341 e. The molecule has 1 amide bonds. The fourth-order valence-electron chi connectivity index (χ4n) is 2.45. The summed E-state index contributed by atoms with van der Waals surface area (Å²) in [4.78, 5) is 22.7. The van der Waals surface area contributed by atoms with Gasteiger partial charge in [0.15, 0.2) is 6.61 Å². The van der Waals surface area contributed by atoms with Crippen LogP contribution in [0.15, 0.2) is 42.5 Å². The van der Waals surface area contributed by atoms with Crippen molar-refractivity contribution in [2.24, 2.45) is 0 Å². The molecular formula is C20H23NO6. The second-order valence-electron chi connectivity index (χ2n) is 5.83. The largest absolute Gasteiger partial charge is 0.497 e. The van der Waals surface area contributed by atoms with E-state index in [1.807, 2.05) is 18.2 Å². The average Bonchev–Trinajstić information content (AvgIpc) is 2.69. The molecule has 0 unspecified atom stereocenters. The Bertz CT molecular complexity index is 768. The van der Waals surface area contributed by atoms with E-state index in [1.54, 1.807) is 38.5 Å². The van der Waals surface area contributed by atoms with Gasteiger partial charge >= 0.3 is 5.97 Å². The topological polar surface area (TPSA) is 94.1 Å². The van der Waals surface area contributed by atoms with Crippen molar-refractivity contribution in [3.8, 4) is 17.2 Å². The number of benzene rings is 2. The Labute approximate surface area is 157 Å². The number of nitrogens with one attached hydrogen (secondary N) is 1. The van der Waals surface area contributed by atoms with Crippen molar-refractivity contribution < 1.29 is 28.9 Å². The van der Waals surface area contributed by atoms with Crippen LogP contribution in [0.5, 0.6) is 17.2 Å². The summed E-state index contributed by atoms with van der Waals surface area (Å²) >= 11 is 0. The number of carbonyl (C=O) groups excluding carboxylic acids is 1. The summed E-state index contributed by atoms with van der Waals surface area (Å²) in [5.74, 6) is 0.690. The number of amides is 1. The van der Waals surface area contributed by atoms with Crippen LogP contribution in [0.4, 0.5) is 0 Å². The van der Waals surface area contributed by atoms with Crippen molar-refractivity contribution in [1.29, 1.82) is 0 Å². The molecule has 0 aliphatic rings. The number of carboxylic acid groups (broad SMARTS) is 1. The van der Waals surface area contributed by atoms with Crippen LogP contribution < -0.4 is 19.5 Å². The summed E-state index contributed by atoms with van der Waals surface area (Å²) < 4.78 is 15.6. The number of carboxylic acids is 1. The molecule has 0 aliphatic heterocycles. The average molecular weight is 373 g/mol. The summed E-state index contributed by atoms with van der Waals surface area (Å²) in [6.45, 7) is -0.0651. The maximum atomic E-state index is 12.1. The third-order valence-electron chi connectivity index (χ3n) is 3.80. The molecule has 0 fully saturated rings. The fourth-order valence-corrected chi connectivity index (χ4v) is 2.45. The predicted octanol–water partition coefficient (Wildman–Crippen LogP) is 2.42. The molecule has 27 heavy (non-hydrogen) atoms. The lowest BCUT2D eigenvalue weighted by molar-refractivity contribution is -0.139. The van der Waals surface area contributed by atoms with Crippen LogP contribution in [-0.4, -0.2) is 37.8 Å². The molecule has 0 saturated heterocycles. The number of methoxy groups -OCH3 is 2. The quantitative estimate of drug-likeness (QED) is 0.664. The maximum Gasteiger partial charge on any atom is 0.341 e. The molecule has 144 valence electrons. The number of hydrogen-bond acceptors (Lipinski definition) is 5. The summed E-state index contributed by atoms with van der Waals surface area (Å²) in [6.07, 6.45) is 0.882. The minimum Gasteiger partial charge on any atom is -0.497 e. The lowest BCUT2D eigenvalue weighted by atomic mass is 10.1. The maximum absolute atomic E-state index is 12.1. The zero-order chi connectivity index (χ0) is 19.6. The van der Waals surface area contributed by atoms with Gasteiger partial charge in [-0.1, -0.05) is 12.1 Å². The van der Waals surface area contributed by atoms with Crippen molar-refractivity contribution in [3.05, 3.63) is 53.6 Å². The first-order chi connectivity index (χ1) is 13.0. The van der Waals surface area contributed by atoms with Crippen LogP contribution in [0.25, 0.3) is 0 Å². The minimum absolute atomic E-state index is 0.0892. The number of carbonyl (C=O) groups is 2. The van der Waals surface area contributed by atoms with Gasteiger partial charge < -0.3 is 24.6 Å². The van der Waals surface area contributed by atoms with Crippen LogP contribution >= 0.6 is 0 Å². The molecule has 0 saturated carbocycles. The molecule has 2 aromatic rings. The van der Waals surface area contributed by atoms with Crippen LogP contribution in [0.2, 0.25) is 0 Å². The molecule has 2 N–H and O–H groups in total. The highest BCUT2D eigenvalue weighted by molar-refractivity contribution is 5.76. The van der Waals surface area contributed by atoms with Gasteiger partial charge in [-0.05, 0) is 41.8 Å². The zero-order valence-corrected chi connectivity index (χ0v) is 15.4. The first-order valence-electron chi connectivity index (χ1n) is 8.42. The minimum atomic E-state index is -1.04. The second kappa shape index (κ2) is 10.1. The summed E-state index contributed by atoms with van der Waals surface area (Å²) in [5.41, 5.74) is 1.78. The van der Waals surface area contributed by atoms with Crippen molar-refractivity contribution in [2.75, 3.05) is 20.8 Å². The highest BCUT2D eigenvalue weighted by atomic mass is 16.5. The van der Waals surface area contributed by atoms with Crippen LogP contribution in [0, 0.1) is 0 Å². The van der Waals surface area contributed by atoms with Gasteiger partial charge in [-0.15, -0.1) is 0 Å². The molecule has 2 aromatic carbocycles. The Morgan fingerprint density at radius 2 is 1.63 bits per heavy atom. The molecule has 0 atom stereocenters. The Hall–Kier alpha value is -3.22. The first-order valence-corrected chi connectivity index (χ1v) is 8.42. The summed E-state index contributed by atoms with van der Waals surface area (Å²) in [7, 11) is 3.17. The first kappa shape index (κ1) is 20.1. The van der Waals surface area contributed by atoms with Crippen molar-refractivity contribution in [3.63, 3.8) is 0 Å². The van der Waals surface area contributed by atoms with Gasteiger partial charge in [0.1, 0.15) is 17.2 Å². The van der Waals surface area contributed by atoms with Crippen LogP contribution in [0.1, 0.15) is 17.5 Å². The van der Waals surface area contributed by atoms with Gasteiger partial charge in [0.25, 0.3) is 0 Å². The molecule has 0 aromatic heterocycles. The van der Waals surface area contributed by atoms with Gasteiger partial charge in [0.05, 0.1) is 14.2 Å². The van der Waals surface area contributed by atoms with E-state index < -0.39 is 12.6 Å². The number of aryl methyl sites for hydroxylation is 1. The van der Waals surface area contributed by atoms with E-state index in [2.05, 4.69) is 5.32 Å². The third kappa shape index (κ3) is 6.89. The van der Waals surface area contributed by atoms with Gasteiger partial charge in [0.2, 0.25) is 5.91 Å². The molecular weight excluding hydrogens is 350 g/mol. The van der Waals surface area contributed by atoms with E-state index in [0.717, 1.165) is 11.1 Å². The molecule has 0 bridgehead atoms. The van der Waals surface area contributed by atoms with Crippen LogP contribution in [-0.2, 0) is 22.6 Å².